The summed E-state index contributed by atoms with van der Waals surface area (Å²) in [7, 11) is 0. The average Bonchev–Trinajstić information content (AvgIpc) is 2.76. The van der Waals surface area contributed by atoms with E-state index >= 15 is 0 Å². The molecule has 18 heavy (non-hydrogen) atoms. The third-order valence-electron chi connectivity index (χ3n) is 3.44. The second-order valence-corrected chi connectivity index (χ2v) is 4.68. The van der Waals surface area contributed by atoms with E-state index in [0.717, 1.165) is 24.4 Å². The topological polar surface area (TPSA) is 89.8 Å². The Hall–Kier alpha value is -1.95. The van der Waals surface area contributed by atoms with Crippen LogP contribution in [0.15, 0.2) is 24.5 Å². The predicted molar refractivity (Wildman–Crippen MR) is 66.5 cm³/mol. The minimum absolute atomic E-state index is 0.254. The summed E-state index contributed by atoms with van der Waals surface area (Å²) in [5, 5.41) is 17.1. The Kier molecular flexibility index (Phi) is 2.71. The van der Waals surface area contributed by atoms with Gasteiger partial charge < -0.3 is 15.4 Å². The Bertz CT molecular complexity index is 547. The summed E-state index contributed by atoms with van der Waals surface area (Å²) in [6.07, 6.45) is 3.65. The number of hydrogen-bond donors (Lipinski definition) is 2. The van der Waals surface area contributed by atoms with Gasteiger partial charge in [-0.3, -0.25) is 0 Å². The second-order valence-electron chi connectivity index (χ2n) is 4.68. The average molecular weight is 245 g/mol. The number of hydrogen-bond acceptors (Lipinski definition) is 5. The highest BCUT2D eigenvalue weighted by Crippen LogP contribution is 2.38. The zero-order chi connectivity index (χ0) is 12.5. The third-order valence-corrected chi connectivity index (χ3v) is 3.44. The maximum absolute atomic E-state index is 9.05. The van der Waals surface area contributed by atoms with E-state index in [4.69, 9.17) is 10.8 Å². The molecule has 3 rings (SSSR count). The Morgan fingerprint density at radius 2 is 2.22 bits per heavy atom. The molecule has 1 aliphatic carbocycles. The highest BCUT2D eigenvalue weighted by atomic mass is 16.3. The van der Waals surface area contributed by atoms with Gasteiger partial charge in [0.15, 0.2) is 5.82 Å². The van der Waals surface area contributed by atoms with Gasteiger partial charge in [-0.15, -0.1) is 10.2 Å². The molecule has 2 aromatic heterocycles. The molecule has 0 bridgehead atoms. The largest absolute Gasteiger partial charge is 0.396 e. The Morgan fingerprint density at radius 1 is 1.39 bits per heavy atom. The number of anilines is 1. The second kappa shape index (κ2) is 4.38. The van der Waals surface area contributed by atoms with E-state index in [9.17, 15) is 0 Å². The van der Waals surface area contributed by atoms with E-state index in [1.54, 1.807) is 12.4 Å². The van der Waals surface area contributed by atoms with Crippen molar-refractivity contribution in [3.05, 3.63) is 24.5 Å². The minimum atomic E-state index is 0.254. The summed E-state index contributed by atoms with van der Waals surface area (Å²) < 4.78 is 2.02. The number of pyridine rings is 1. The van der Waals surface area contributed by atoms with E-state index in [-0.39, 0.29) is 6.61 Å². The lowest BCUT2D eigenvalue weighted by Gasteiger charge is -2.35. The van der Waals surface area contributed by atoms with Crippen molar-refractivity contribution < 1.29 is 5.11 Å². The van der Waals surface area contributed by atoms with Crippen LogP contribution in [0.1, 0.15) is 18.9 Å². The van der Waals surface area contributed by atoms with Gasteiger partial charge in [0, 0.05) is 12.6 Å². The van der Waals surface area contributed by atoms with Crippen LogP contribution in [0.4, 0.5) is 5.82 Å². The highest BCUT2D eigenvalue weighted by molar-refractivity contribution is 5.52. The number of aliphatic hydroxyl groups is 1. The molecule has 0 radical (unpaired) electrons. The molecule has 1 fully saturated rings. The SMILES string of the molecule is Nc1cccc(-c2nncn2C2CC(CO)C2)n1. The number of nitrogens with two attached hydrogens (primary N) is 1. The van der Waals surface area contributed by atoms with Crippen molar-refractivity contribution in [2.24, 2.45) is 5.92 Å². The van der Waals surface area contributed by atoms with E-state index in [1.165, 1.54) is 0 Å². The minimum Gasteiger partial charge on any atom is -0.396 e. The van der Waals surface area contributed by atoms with Crippen molar-refractivity contribution in [3.63, 3.8) is 0 Å². The lowest BCUT2D eigenvalue weighted by molar-refractivity contribution is 0.113. The molecule has 94 valence electrons. The zero-order valence-electron chi connectivity index (χ0n) is 9.90. The molecular formula is C12H15N5O. The van der Waals surface area contributed by atoms with Gasteiger partial charge in [0.05, 0.1) is 0 Å². The molecule has 1 aliphatic rings. The van der Waals surface area contributed by atoms with Crippen LogP contribution in [-0.4, -0.2) is 31.5 Å². The Morgan fingerprint density at radius 3 is 2.94 bits per heavy atom. The molecule has 6 heteroatoms. The van der Waals surface area contributed by atoms with Gasteiger partial charge in [-0.05, 0) is 30.9 Å². The molecule has 0 spiro atoms. The van der Waals surface area contributed by atoms with Gasteiger partial charge >= 0.3 is 0 Å². The molecule has 3 N–H and O–H groups in total. The standard InChI is InChI=1S/C12H15N5O/c13-11-3-1-2-10(15-11)12-16-14-7-17(12)9-4-8(5-9)6-18/h1-3,7-9,18H,4-6H2,(H2,13,15). The maximum Gasteiger partial charge on any atom is 0.182 e. The van der Waals surface area contributed by atoms with Crippen molar-refractivity contribution in [1.82, 2.24) is 19.7 Å². The smallest absolute Gasteiger partial charge is 0.182 e. The fourth-order valence-electron chi connectivity index (χ4n) is 2.35. The molecule has 1 saturated carbocycles. The van der Waals surface area contributed by atoms with Crippen LogP contribution in [0.25, 0.3) is 11.5 Å². The van der Waals surface area contributed by atoms with Crippen LogP contribution in [0.3, 0.4) is 0 Å². The predicted octanol–water partition coefficient (Wildman–Crippen LogP) is 0.866. The van der Waals surface area contributed by atoms with Crippen LogP contribution in [0.5, 0.6) is 0 Å². The Labute approximate surface area is 104 Å². The van der Waals surface area contributed by atoms with Gasteiger partial charge in [-0.2, -0.15) is 0 Å². The molecule has 0 amide bonds. The molecular weight excluding hydrogens is 230 g/mol. The molecule has 0 unspecified atom stereocenters. The van der Waals surface area contributed by atoms with E-state index in [1.807, 2.05) is 16.7 Å². The summed E-state index contributed by atoms with van der Waals surface area (Å²) in [4.78, 5) is 4.26. The van der Waals surface area contributed by atoms with E-state index < -0.39 is 0 Å². The number of aliphatic hydroxyl groups excluding tert-OH is 1. The van der Waals surface area contributed by atoms with Crippen LogP contribution in [-0.2, 0) is 0 Å². The zero-order valence-corrected chi connectivity index (χ0v) is 9.90. The van der Waals surface area contributed by atoms with E-state index in [2.05, 4.69) is 15.2 Å². The first-order valence-corrected chi connectivity index (χ1v) is 6.01. The summed E-state index contributed by atoms with van der Waals surface area (Å²) in [6.45, 7) is 0.254. The monoisotopic (exact) mass is 245 g/mol. The molecule has 0 aliphatic heterocycles. The van der Waals surface area contributed by atoms with Gasteiger partial charge in [0.2, 0.25) is 0 Å². The molecule has 0 atom stereocenters. The summed E-state index contributed by atoms with van der Waals surface area (Å²) in [5.41, 5.74) is 6.42. The summed E-state index contributed by atoms with van der Waals surface area (Å²) in [5.74, 6) is 1.62. The summed E-state index contributed by atoms with van der Waals surface area (Å²) in [6, 6.07) is 5.83. The first kappa shape index (κ1) is 11.2. The fraction of sp³-hybridized carbons (Fsp3) is 0.417. The van der Waals surface area contributed by atoms with Gasteiger partial charge in [-0.25, -0.2) is 4.98 Å². The Balaban J connectivity index is 1.88. The van der Waals surface area contributed by atoms with Crippen LogP contribution < -0.4 is 5.73 Å². The number of aromatic nitrogens is 4. The van der Waals surface area contributed by atoms with Crippen molar-refractivity contribution in [2.45, 2.75) is 18.9 Å². The van der Waals surface area contributed by atoms with Crippen molar-refractivity contribution in [2.75, 3.05) is 12.3 Å². The van der Waals surface area contributed by atoms with E-state index in [0.29, 0.717) is 17.8 Å². The maximum atomic E-state index is 9.05. The molecule has 2 aromatic rings. The van der Waals surface area contributed by atoms with Crippen molar-refractivity contribution in [1.29, 1.82) is 0 Å². The van der Waals surface area contributed by atoms with Crippen LogP contribution in [0.2, 0.25) is 0 Å². The molecule has 0 saturated heterocycles. The molecule has 6 nitrogen and oxygen atoms in total. The highest BCUT2D eigenvalue weighted by Gasteiger charge is 2.31. The first-order chi connectivity index (χ1) is 8.78. The van der Waals surface area contributed by atoms with Crippen molar-refractivity contribution >= 4 is 5.82 Å². The molecule has 2 heterocycles. The lowest BCUT2D eigenvalue weighted by atomic mass is 9.80. The van der Waals surface area contributed by atoms with Gasteiger partial charge in [-0.1, -0.05) is 6.07 Å². The summed E-state index contributed by atoms with van der Waals surface area (Å²) >= 11 is 0. The van der Waals surface area contributed by atoms with Crippen LogP contribution >= 0.6 is 0 Å². The van der Waals surface area contributed by atoms with Gasteiger partial charge in [0.1, 0.15) is 17.8 Å². The number of nitrogen functional groups attached to an aromatic ring is 1. The van der Waals surface area contributed by atoms with Crippen LogP contribution in [0, 0.1) is 5.92 Å². The number of rotatable bonds is 3. The quantitative estimate of drug-likeness (QED) is 0.837. The van der Waals surface area contributed by atoms with Crippen molar-refractivity contribution in [3.8, 4) is 11.5 Å². The number of nitrogens with zero attached hydrogens (tertiary/aromatic N) is 4. The first-order valence-electron chi connectivity index (χ1n) is 6.01. The van der Waals surface area contributed by atoms with Gasteiger partial charge in [0.25, 0.3) is 0 Å². The third kappa shape index (κ3) is 1.84. The molecule has 0 aromatic carbocycles. The lowest BCUT2D eigenvalue weighted by Crippen LogP contribution is -2.29. The normalized spacial score (nSPS) is 22.7. The fourth-order valence-corrected chi connectivity index (χ4v) is 2.35.